The number of amides is 2. The zero-order valence-electron chi connectivity index (χ0n) is 19.6. The van der Waals surface area contributed by atoms with Gasteiger partial charge in [0.2, 0.25) is 0 Å². The number of H-pyrrole nitrogens is 1. The van der Waals surface area contributed by atoms with Crippen molar-refractivity contribution in [1.29, 1.82) is 0 Å². The topological polar surface area (TPSA) is 95.6 Å². The maximum Gasteiger partial charge on any atom is 0.416 e. The second-order valence-electron chi connectivity index (χ2n) is 8.44. The Hall–Kier alpha value is -4.73. The number of pyridine rings is 1. The highest BCUT2D eigenvalue weighted by atomic mass is 19.4. The van der Waals surface area contributed by atoms with Gasteiger partial charge in [-0.15, -0.1) is 0 Å². The number of rotatable bonds is 5. The van der Waals surface area contributed by atoms with Crippen LogP contribution in [0.3, 0.4) is 0 Å². The average molecular weight is 503 g/mol. The van der Waals surface area contributed by atoms with Crippen molar-refractivity contribution in [1.82, 2.24) is 19.9 Å². The van der Waals surface area contributed by atoms with E-state index in [1.165, 1.54) is 12.1 Å². The SMILES string of the molecule is Cc1ccc(NC(=O)Nc2cccc(C(F)(F)F)c2)cc1Cc1nc(-c2cccnc2)c2[nH]ccc2n1. The smallest absolute Gasteiger partial charge is 0.358 e. The minimum atomic E-state index is -4.50. The van der Waals surface area contributed by atoms with Crippen LogP contribution in [0.2, 0.25) is 0 Å². The predicted molar refractivity (Wildman–Crippen MR) is 135 cm³/mol. The van der Waals surface area contributed by atoms with Crippen LogP contribution in [0.1, 0.15) is 22.5 Å². The largest absolute Gasteiger partial charge is 0.416 e. The summed E-state index contributed by atoms with van der Waals surface area (Å²) < 4.78 is 38.9. The van der Waals surface area contributed by atoms with Crippen LogP contribution in [0.15, 0.2) is 79.3 Å². The number of aromatic amines is 1. The van der Waals surface area contributed by atoms with E-state index in [9.17, 15) is 18.0 Å². The maximum absolute atomic E-state index is 13.0. The van der Waals surface area contributed by atoms with E-state index in [1.807, 2.05) is 37.4 Å². The Morgan fingerprint density at radius 1 is 0.973 bits per heavy atom. The summed E-state index contributed by atoms with van der Waals surface area (Å²) in [7, 11) is 0. The molecule has 2 aromatic carbocycles. The van der Waals surface area contributed by atoms with Crippen molar-refractivity contribution in [3.63, 3.8) is 0 Å². The Morgan fingerprint density at radius 3 is 2.54 bits per heavy atom. The lowest BCUT2D eigenvalue weighted by atomic mass is 10.0. The summed E-state index contributed by atoms with van der Waals surface area (Å²) in [5, 5.41) is 5.12. The van der Waals surface area contributed by atoms with Crippen molar-refractivity contribution >= 4 is 28.4 Å². The van der Waals surface area contributed by atoms with Crippen molar-refractivity contribution in [2.45, 2.75) is 19.5 Å². The van der Waals surface area contributed by atoms with Gasteiger partial charge in [0.1, 0.15) is 5.82 Å². The van der Waals surface area contributed by atoms with Crippen molar-refractivity contribution in [2.75, 3.05) is 10.6 Å². The second kappa shape index (κ2) is 9.73. The molecule has 0 fully saturated rings. The van der Waals surface area contributed by atoms with Crippen molar-refractivity contribution < 1.29 is 18.0 Å². The lowest BCUT2D eigenvalue weighted by Crippen LogP contribution is -2.20. The number of carbonyl (C=O) groups excluding carboxylic acids is 1. The van der Waals surface area contributed by atoms with Crippen LogP contribution in [0.4, 0.5) is 29.3 Å². The second-order valence-corrected chi connectivity index (χ2v) is 8.44. The molecule has 0 saturated carbocycles. The number of anilines is 2. The van der Waals surface area contributed by atoms with E-state index < -0.39 is 17.8 Å². The van der Waals surface area contributed by atoms with Gasteiger partial charge in [-0.25, -0.2) is 14.8 Å². The number of urea groups is 1. The fourth-order valence-corrected chi connectivity index (χ4v) is 3.96. The summed E-state index contributed by atoms with van der Waals surface area (Å²) in [4.78, 5) is 29.3. The Labute approximate surface area is 209 Å². The number of nitrogens with zero attached hydrogens (tertiary/aromatic N) is 3. The fourth-order valence-electron chi connectivity index (χ4n) is 3.96. The number of fused-ring (bicyclic) bond motifs is 1. The third-order valence-corrected chi connectivity index (χ3v) is 5.79. The summed E-state index contributed by atoms with van der Waals surface area (Å²) >= 11 is 0. The minimum Gasteiger partial charge on any atom is -0.358 e. The molecule has 0 unspecified atom stereocenters. The Balaban J connectivity index is 1.36. The first-order valence-corrected chi connectivity index (χ1v) is 11.4. The standard InChI is InChI=1S/C27H21F3N6O/c1-16-7-8-21(34-26(37)33-20-6-2-5-19(14-20)27(28,29)30)12-18(16)13-23-35-22-9-11-32-25(22)24(36-23)17-4-3-10-31-15-17/h2-12,14-15,32H,13H2,1H3,(H2,33,34,37). The molecular formula is C27H21F3N6O. The number of aryl methyl sites for hydroxylation is 1. The third-order valence-electron chi connectivity index (χ3n) is 5.79. The molecule has 0 aliphatic heterocycles. The number of benzene rings is 2. The van der Waals surface area contributed by atoms with E-state index in [-0.39, 0.29) is 5.69 Å². The number of hydrogen-bond acceptors (Lipinski definition) is 4. The van der Waals surface area contributed by atoms with Crippen LogP contribution < -0.4 is 10.6 Å². The lowest BCUT2D eigenvalue weighted by molar-refractivity contribution is -0.137. The third kappa shape index (κ3) is 5.43. The van der Waals surface area contributed by atoms with Crippen LogP contribution in [-0.4, -0.2) is 26.0 Å². The van der Waals surface area contributed by atoms with Crippen LogP contribution in [0.5, 0.6) is 0 Å². The molecule has 186 valence electrons. The molecule has 5 rings (SSSR count). The highest BCUT2D eigenvalue weighted by Crippen LogP contribution is 2.31. The number of hydrogen-bond donors (Lipinski definition) is 3. The molecule has 0 bridgehead atoms. The monoisotopic (exact) mass is 502 g/mol. The van der Waals surface area contributed by atoms with Crippen LogP contribution >= 0.6 is 0 Å². The highest BCUT2D eigenvalue weighted by molar-refractivity contribution is 5.99. The van der Waals surface area contributed by atoms with Gasteiger partial charge in [0, 0.05) is 41.9 Å². The number of nitrogens with one attached hydrogen (secondary N) is 3. The predicted octanol–water partition coefficient (Wildman–Crippen LogP) is 6.58. The van der Waals surface area contributed by atoms with E-state index in [0.717, 1.165) is 45.6 Å². The Bertz CT molecular complexity index is 1580. The molecule has 3 N–H and O–H groups in total. The van der Waals surface area contributed by atoms with Crippen molar-refractivity contribution in [3.8, 4) is 11.3 Å². The van der Waals surface area contributed by atoms with E-state index >= 15 is 0 Å². The summed E-state index contributed by atoms with van der Waals surface area (Å²) in [5.74, 6) is 0.597. The first kappa shape index (κ1) is 24.0. The molecule has 7 nitrogen and oxygen atoms in total. The number of halogens is 3. The van der Waals surface area contributed by atoms with Gasteiger partial charge in [-0.05, 0) is 66.6 Å². The molecule has 0 atom stereocenters. The number of alkyl halides is 3. The number of aromatic nitrogens is 4. The highest BCUT2D eigenvalue weighted by Gasteiger charge is 2.30. The summed E-state index contributed by atoms with van der Waals surface area (Å²) in [6, 6.07) is 14.8. The zero-order chi connectivity index (χ0) is 26.0. The first-order chi connectivity index (χ1) is 17.8. The fraction of sp³-hybridized carbons (Fsp3) is 0.111. The molecule has 5 aromatic rings. The number of carbonyl (C=O) groups is 1. The quantitative estimate of drug-likeness (QED) is 0.253. The molecular weight excluding hydrogens is 481 g/mol. The van der Waals surface area contributed by atoms with Gasteiger partial charge in [0.05, 0.1) is 22.3 Å². The van der Waals surface area contributed by atoms with Gasteiger partial charge >= 0.3 is 12.2 Å². The van der Waals surface area contributed by atoms with Gasteiger partial charge in [0.25, 0.3) is 0 Å². The molecule has 0 aliphatic carbocycles. The summed E-state index contributed by atoms with van der Waals surface area (Å²) in [5.41, 5.74) is 4.74. The van der Waals surface area contributed by atoms with Gasteiger partial charge in [-0.3, -0.25) is 4.98 Å². The van der Waals surface area contributed by atoms with Gasteiger partial charge in [-0.1, -0.05) is 12.1 Å². The molecule has 10 heteroatoms. The molecule has 0 spiro atoms. The Kier molecular flexibility index (Phi) is 6.31. The van der Waals surface area contributed by atoms with Crippen molar-refractivity contribution in [2.24, 2.45) is 0 Å². The molecule has 0 aliphatic rings. The zero-order valence-corrected chi connectivity index (χ0v) is 19.6. The Morgan fingerprint density at radius 2 is 1.78 bits per heavy atom. The van der Waals surface area contributed by atoms with Crippen LogP contribution in [-0.2, 0) is 12.6 Å². The van der Waals surface area contributed by atoms with E-state index in [1.54, 1.807) is 24.5 Å². The van der Waals surface area contributed by atoms with Crippen molar-refractivity contribution in [3.05, 3.63) is 102 Å². The summed E-state index contributed by atoms with van der Waals surface area (Å²) in [6.07, 6.45) is 1.16. The van der Waals surface area contributed by atoms with Gasteiger partial charge in [0.15, 0.2) is 0 Å². The molecule has 37 heavy (non-hydrogen) atoms. The molecule has 3 aromatic heterocycles. The molecule has 2 amide bonds. The minimum absolute atomic E-state index is 0.0378. The maximum atomic E-state index is 13.0. The molecule has 0 saturated heterocycles. The first-order valence-electron chi connectivity index (χ1n) is 11.4. The van der Waals surface area contributed by atoms with Gasteiger partial charge in [-0.2, -0.15) is 13.2 Å². The lowest BCUT2D eigenvalue weighted by Gasteiger charge is -2.13. The molecule has 0 radical (unpaired) electrons. The average Bonchev–Trinajstić information content (AvgIpc) is 3.34. The van der Waals surface area contributed by atoms with E-state index in [4.69, 9.17) is 4.98 Å². The van der Waals surface area contributed by atoms with Crippen LogP contribution in [0, 0.1) is 6.92 Å². The van der Waals surface area contributed by atoms with Gasteiger partial charge < -0.3 is 15.6 Å². The van der Waals surface area contributed by atoms with E-state index in [2.05, 4.69) is 25.6 Å². The van der Waals surface area contributed by atoms with Crippen LogP contribution in [0.25, 0.3) is 22.3 Å². The summed E-state index contributed by atoms with van der Waals surface area (Å²) in [6.45, 7) is 1.94. The molecule has 3 heterocycles. The van der Waals surface area contributed by atoms with E-state index in [0.29, 0.717) is 17.9 Å². The normalized spacial score (nSPS) is 11.5.